The third-order valence-corrected chi connectivity index (χ3v) is 6.55. The average Bonchev–Trinajstić information content (AvgIpc) is 2.98. The van der Waals surface area contributed by atoms with Gasteiger partial charge in [0.1, 0.15) is 0 Å². The number of esters is 1. The molecular formula is C20H21NO5S. The molecule has 0 saturated heterocycles. The summed E-state index contributed by atoms with van der Waals surface area (Å²) in [6, 6.07) is 12.9. The van der Waals surface area contributed by atoms with E-state index in [1.165, 1.54) is 42.4 Å². The fraction of sp³-hybridized carbons (Fsp3) is 0.300. The Labute approximate surface area is 158 Å². The van der Waals surface area contributed by atoms with Crippen molar-refractivity contribution in [1.29, 1.82) is 0 Å². The number of nitrogens with zero attached hydrogens (tertiary/aromatic N) is 1. The minimum absolute atomic E-state index is 0.0102. The monoisotopic (exact) mass is 387 g/mol. The maximum atomic E-state index is 13.2. The van der Waals surface area contributed by atoms with E-state index < -0.39 is 22.1 Å². The van der Waals surface area contributed by atoms with E-state index in [4.69, 9.17) is 4.74 Å². The van der Waals surface area contributed by atoms with Gasteiger partial charge in [-0.2, -0.15) is 0 Å². The molecule has 0 spiro atoms. The molecule has 0 unspecified atom stereocenters. The van der Waals surface area contributed by atoms with Crippen LogP contribution in [-0.2, 0) is 26.0 Å². The number of sulfonamides is 1. The Hall–Kier alpha value is -2.67. The van der Waals surface area contributed by atoms with Crippen LogP contribution in [0.25, 0.3) is 0 Å². The van der Waals surface area contributed by atoms with Crippen LogP contribution in [0.15, 0.2) is 53.4 Å². The molecule has 2 aromatic carbocycles. The van der Waals surface area contributed by atoms with Gasteiger partial charge in [-0.25, -0.2) is 13.2 Å². The molecule has 142 valence electrons. The van der Waals surface area contributed by atoms with Gasteiger partial charge in [-0.15, -0.1) is 0 Å². The molecule has 0 saturated carbocycles. The number of rotatable bonds is 5. The Morgan fingerprint density at radius 3 is 2.56 bits per heavy atom. The van der Waals surface area contributed by atoms with Crippen LogP contribution in [-0.4, -0.2) is 32.3 Å². The number of benzene rings is 2. The van der Waals surface area contributed by atoms with E-state index in [0.29, 0.717) is 12.1 Å². The van der Waals surface area contributed by atoms with Crippen LogP contribution in [0.3, 0.4) is 0 Å². The lowest BCUT2D eigenvalue weighted by atomic mass is 10.1. The molecule has 0 radical (unpaired) electrons. The molecule has 7 heteroatoms. The van der Waals surface area contributed by atoms with Gasteiger partial charge in [0.2, 0.25) is 0 Å². The summed E-state index contributed by atoms with van der Waals surface area (Å²) in [5, 5.41) is 0. The first-order valence-electron chi connectivity index (χ1n) is 8.65. The van der Waals surface area contributed by atoms with Crippen LogP contribution in [0.5, 0.6) is 0 Å². The molecule has 0 N–H and O–H groups in total. The normalized spacial score (nSPS) is 17.3. The van der Waals surface area contributed by atoms with Crippen molar-refractivity contribution in [3.8, 4) is 0 Å². The van der Waals surface area contributed by atoms with Crippen LogP contribution in [0.4, 0.5) is 5.69 Å². The number of hydrogen-bond acceptors (Lipinski definition) is 5. The minimum atomic E-state index is -3.84. The van der Waals surface area contributed by atoms with Crippen molar-refractivity contribution in [2.24, 2.45) is 0 Å². The first-order valence-corrected chi connectivity index (χ1v) is 10.1. The summed E-state index contributed by atoms with van der Waals surface area (Å²) >= 11 is 0. The van der Waals surface area contributed by atoms with Crippen molar-refractivity contribution >= 4 is 27.5 Å². The predicted molar refractivity (Wildman–Crippen MR) is 101 cm³/mol. The third kappa shape index (κ3) is 3.60. The topological polar surface area (TPSA) is 80.8 Å². The highest BCUT2D eigenvalue weighted by Crippen LogP contribution is 2.36. The van der Waals surface area contributed by atoms with E-state index >= 15 is 0 Å². The first kappa shape index (κ1) is 19.1. The lowest BCUT2D eigenvalue weighted by Gasteiger charge is -2.24. The highest BCUT2D eigenvalue weighted by Gasteiger charge is 2.36. The van der Waals surface area contributed by atoms with E-state index in [1.807, 2.05) is 19.1 Å². The number of carbonyl (C=O) groups excluding carboxylic acids is 2. The predicted octanol–water partition coefficient (Wildman–Crippen LogP) is 2.96. The number of fused-ring (bicyclic) bond motifs is 1. The van der Waals surface area contributed by atoms with Crippen LogP contribution in [0.2, 0.25) is 0 Å². The Morgan fingerprint density at radius 2 is 1.85 bits per heavy atom. The van der Waals surface area contributed by atoms with E-state index in [-0.39, 0.29) is 22.3 Å². The van der Waals surface area contributed by atoms with Gasteiger partial charge in [0.25, 0.3) is 10.0 Å². The fourth-order valence-electron chi connectivity index (χ4n) is 3.11. The number of anilines is 1. The van der Waals surface area contributed by atoms with Crippen molar-refractivity contribution in [1.82, 2.24) is 0 Å². The zero-order chi connectivity index (χ0) is 19.8. The molecule has 1 aliphatic heterocycles. The molecule has 0 fully saturated rings. The lowest BCUT2D eigenvalue weighted by Crippen LogP contribution is -2.35. The fourth-order valence-corrected chi connectivity index (χ4v) is 4.85. The molecule has 2 atom stereocenters. The molecule has 0 bridgehead atoms. The molecule has 6 nitrogen and oxygen atoms in total. The second kappa shape index (κ2) is 7.15. The standard InChI is InChI=1S/C20H21NO5S/c1-13-11-16-7-4-5-10-19(16)21(13)27(24,25)18-9-6-8-17(12-18)20(23)26-15(3)14(2)22/h4-10,12-13,15H,11H2,1-3H3/t13-,15+/m1/s1. The molecule has 0 amide bonds. The summed E-state index contributed by atoms with van der Waals surface area (Å²) in [7, 11) is -3.84. The number of ketones is 1. The Morgan fingerprint density at radius 1 is 1.15 bits per heavy atom. The second-order valence-corrected chi connectivity index (χ2v) is 8.48. The van der Waals surface area contributed by atoms with Crippen molar-refractivity contribution in [2.75, 3.05) is 4.31 Å². The van der Waals surface area contributed by atoms with Crippen LogP contribution in [0, 0.1) is 0 Å². The van der Waals surface area contributed by atoms with Crippen molar-refractivity contribution in [3.63, 3.8) is 0 Å². The zero-order valence-electron chi connectivity index (χ0n) is 15.4. The van der Waals surface area contributed by atoms with E-state index in [0.717, 1.165) is 5.56 Å². The highest BCUT2D eigenvalue weighted by molar-refractivity contribution is 7.92. The largest absolute Gasteiger partial charge is 0.451 e. The first-order chi connectivity index (χ1) is 12.7. The van der Waals surface area contributed by atoms with Crippen LogP contribution >= 0.6 is 0 Å². The Kier molecular flexibility index (Phi) is 5.06. The smallest absolute Gasteiger partial charge is 0.338 e. The van der Waals surface area contributed by atoms with Gasteiger partial charge in [0, 0.05) is 6.04 Å². The van der Waals surface area contributed by atoms with Gasteiger partial charge in [-0.05, 0) is 57.0 Å². The molecule has 2 aromatic rings. The molecule has 0 aromatic heterocycles. The van der Waals surface area contributed by atoms with Gasteiger partial charge < -0.3 is 4.74 Å². The summed E-state index contributed by atoms with van der Waals surface area (Å²) in [5.41, 5.74) is 1.71. The maximum Gasteiger partial charge on any atom is 0.338 e. The third-order valence-electron chi connectivity index (χ3n) is 4.63. The quantitative estimate of drug-likeness (QED) is 0.737. The minimum Gasteiger partial charge on any atom is -0.451 e. The number of ether oxygens (including phenoxy) is 1. The lowest BCUT2D eigenvalue weighted by molar-refractivity contribution is -0.124. The summed E-state index contributed by atoms with van der Waals surface area (Å²) in [4.78, 5) is 23.5. The summed E-state index contributed by atoms with van der Waals surface area (Å²) in [6.45, 7) is 4.65. The van der Waals surface area contributed by atoms with E-state index in [9.17, 15) is 18.0 Å². The van der Waals surface area contributed by atoms with E-state index in [2.05, 4.69) is 0 Å². The summed E-state index contributed by atoms with van der Waals surface area (Å²) in [6.07, 6.45) is -0.254. The Bertz CT molecular complexity index is 999. The zero-order valence-corrected chi connectivity index (χ0v) is 16.2. The second-order valence-electron chi connectivity index (χ2n) is 6.67. The molecular weight excluding hydrogens is 366 g/mol. The number of Topliss-reactive ketones (excluding diaryl/α,β-unsaturated/α-hetero) is 1. The van der Waals surface area contributed by atoms with Gasteiger partial charge in [-0.1, -0.05) is 24.3 Å². The van der Waals surface area contributed by atoms with Crippen molar-refractivity contribution in [2.45, 2.75) is 44.2 Å². The van der Waals surface area contributed by atoms with Crippen molar-refractivity contribution in [3.05, 3.63) is 59.7 Å². The van der Waals surface area contributed by atoms with Gasteiger partial charge >= 0.3 is 5.97 Å². The van der Waals surface area contributed by atoms with Crippen LogP contribution < -0.4 is 4.31 Å². The maximum absolute atomic E-state index is 13.2. The van der Waals surface area contributed by atoms with Gasteiger partial charge in [0.15, 0.2) is 11.9 Å². The molecule has 3 rings (SSSR count). The molecule has 27 heavy (non-hydrogen) atoms. The van der Waals surface area contributed by atoms with Gasteiger partial charge in [-0.3, -0.25) is 9.10 Å². The number of carbonyl (C=O) groups is 2. The highest BCUT2D eigenvalue weighted by atomic mass is 32.2. The molecule has 1 heterocycles. The Balaban J connectivity index is 1.95. The molecule has 0 aliphatic carbocycles. The van der Waals surface area contributed by atoms with E-state index in [1.54, 1.807) is 12.1 Å². The average molecular weight is 387 g/mol. The summed E-state index contributed by atoms with van der Waals surface area (Å²) < 4.78 is 32.9. The molecule has 1 aliphatic rings. The van der Waals surface area contributed by atoms with Gasteiger partial charge in [0.05, 0.1) is 16.1 Å². The number of para-hydroxylation sites is 1. The van der Waals surface area contributed by atoms with Crippen LogP contribution in [0.1, 0.15) is 36.7 Å². The summed E-state index contributed by atoms with van der Waals surface area (Å²) in [5.74, 6) is -1.01. The SMILES string of the molecule is CC(=O)[C@H](C)OC(=O)c1cccc(S(=O)(=O)N2c3ccccc3C[C@H]2C)c1. The van der Waals surface area contributed by atoms with Crippen molar-refractivity contribution < 1.29 is 22.7 Å². The number of hydrogen-bond donors (Lipinski definition) is 0.